The minimum absolute atomic E-state index is 0.137. The van der Waals surface area contributed by atoms with E-state index in [0.29, 0.717) is 23.6 Å². The van der Waals surface area contributed by atoms with E-state index in [-0.39, 0.29) is 24.4 Å². The summed E-state index contributed by atoms with van der Waals surface area (Å²) in [5, 5.41) is 0. The average molecular weight is 372 g/mol. The molecule has 6 nitrogen and oxygen atoms in total. The van der Waals surface area contributed by atoms with Gasteiger partial charge in [-0.1, -0.05) is 12.1 Å². The molecule has 0 saturated heterocycles. The van der Waals surface area contributed by atoms with E-state index in [2.05, 4.69) is 0 Å². The molecule has 2 amide bonds. The van der Waals surface area contributed by atoms with Crippen molar-refractivity contribution in [2.75, 3.05) is 13.7 Å². The lowest BCUT2D eigenvalue weighted by Crippen LogP contribution is -2.32. The minimum atomic E-state index is -0.601. The van der Waals surface area contributed by atoms with Gasteiger partial charge in [0.15, 0.2) is 18.1 Å². The number of benzene rings is 2. The van der Waals surface area contributed by atoms with Crippen LogP contribution in [0.25, 0.3) is 0 Å². The van der Waals surface area contributed by atoms with Gasteiger partial charge in [-0.15, -0.1) is 0 Å². The van der Waals surface area contributed by atoms with E-state index in [1.807, 2.05) is 0 Å². The van der Waals surface area contributed by atoms with Crippen molar-refractivity contribution in [3.8, 4) is 11.5 Å². The maximum atomic E-state index is 13.1. The number of hydrogen-bond donors (Lipinski definition) is 1. The maximum Gasteiger partial charge on any atom is 0.255 e. The zero-order chi connectivity index (χ0) is 19.4. The molecule has 0 radical (unpaired) electrons. The van der Waals surface area contributed by atoms with E-state index in [4.69, 9.17) is 15.2 Å². The topological polar surface area (TPSA) is 81.9 Å². The van der Waals surface area contributed by atoms with Crippen LogP contribution in [0.2, 0.25) is 0 Å². The summed E-state index contributed by atoms with van der Waals surface area (Å²) in [6.07, 6.45) is 1.90. The molecule has 3 rings (SSSR count). The molecule has 0 spiro atoms. The largest absolute Gasteiger partial charge is 0.493 e. The molecule has 2 aromatic rings. The number of halogens is 1. The van der Waals surface area contributed by atoms with E-state index in [9.17, 15) is 14.0 Å². The summed E-state index contributed by atoms with van der Waals surface area (Å²) in [7, 11) is 1.46. The second kappa shape index (κ2) is 8.07. The third-order valence-corrected chi connectivity index (χ3v) is 4.30. The fraction of sp³-hybridized carbons (Fsp3) is 0.300. The summed E-state index contributed by atoms with van der Waals surface area (Å²) in [6.45, 7) is 0.133. The van der Waals surface area contributed by atoms with Crippen LogP contribution >= 0.6 is 0 Å². The van der Waals surface area contributed by atoms with Crippen LogP contribution < -0.4 is 15.2 Å². The van der Waals surface area contributed by atoms with Crippen molar-refractivity contribution in [1.82, 2.24) is 4.90 Å². The molecule has 1 aliphatic carbocycles. The summed E-state index contributed by atoms with van der Waals surface area (Å²) in [6, 6.07) is 11.1. The fourth-order valence-electron chi connectivity index (χ4n) is 2.77. The number of rotatable bonds is 8. The van der Waals surface area contributed by atoms with Crippen molar-refractivity contribution >= 4 is 11.8 Å². The molecule has 0 heterocycles. The molecular weight excluding hydrogens is 351 g/mol. The molecule has 2 N–H and O–H groups in total. The Morgan fingerprint density at radius 3 is 2.44 bits per heavy atom. The van der Waals surface area contributed by atoms with E-state index >= 15 is 0 Å². The number of methoxy groups -OCH3 is 1. The highest BCUT2D eigenvalue weighted by atomic mass is 19.1. The van der Waals surface area contributed by atoms with Gasteiger partial charge in [0.25, 0.3) is 11.8 Å². The molecule has 0 unspecified atom stereocenters. The van der Waals surface area contributed by atoms with E-state index in [0.717, 1.165) is 18.4 Å². The van der Waals surface area contributed by atoms with Crippen LogP contribution in [-0.2, 0) is 11.3 Å². The van der Waals surface area contributed by atoms with Gasteiger partial charge in [-0.3, -0.25) is 9.59 Å². The highest BCUT2D eigenvalue weighted by Gasteiger charge is 2.33. The maximum absolute atomic E-state index is 13.1. The lowest BCUT2D eigenvalue weighted by molar-refractivity contribution is -0.119. The normalized spacial score (nSPS) is 13.1. The Kier molecular flexibility index (Phi) is 5.59. The van der Waals surface area contributed by atoms with Crippen molar-refractivity contribution in [1.29, 1.82) is 0 Å². The molecule has 0 aromatic heterocycles. The van der Waals surface area contributed by atoms with Crippen LogP contribution in [0, 0.1) is 5.82 Å². The van der Waals surface area contributed by atoms with E-state index < -0.39 is 5.91 Å². The van der Waals surface area contributed by atoms with Gasteiger partial charge < -0.3 is 20.1 Å². The van der Waals surface area contributed by atoms with Crippen LogP contribution in [0.3, 0.4) is 0 Å². The predicted molar refractivity (Wildman–Crippen MR) is 97.0 cm³/mol. The first-order valence-corrected chi connectivity index (χ1v) is 8.62. The number of primary amides is 1. The molecule has 1 aliphatic rings. The quantitative estimate of drug-likeness (QED) is 0.772. The Bertz CT molecular complexity index is 834. The van der Waals surface area contributed by atoms with E-state index in [1.165, 1.54) is 19.2 Å². The fourth-order valence-corrected chi connectivity index (χ4v) is 2.77. The SMILES string of the molecule is COc1cc(C(=O)N(Cc2ccc(F)cc2)C2CC2)ccc1OCC(N)=O. The predicted octanol–water partition coefficient (Wildman–Crippen LogP) is 2.50. The van der Waals surface area contributed by atoms with Gasteiger partial charge in [0.1, 0.15) is 5.82 Å². The lowest BCUT2D eigenvalue weighted by atomic mass is 10.1. The van der Waals surface area contributed by atoms with Crippen molar-refractivity contribution in [3.63, 3.8) is 0 Å². The molecule has 142 valence electrons. The Labute approximate surface area is 156 Å². The molecule has 7 heteroatoms. The van der Waals surface area contributed by atoms with Crippen LogP contribution in [-0.4, -0.2) is 36.5 Å². The van der Waals surface area contributed by atoms with Crippen LogP contribution in [0.4, 0.5) is 4.39 Å². The molecule has 1 fully saturated rings. The van der Waals surface area contributed by atoms with Gasteiger partial charge >= 0.3 is 0 Å². The number of hydrogen-bond acceptors (Lipinski definition) is 4. The molecule has 0 aliphatic heterocycles. The number of ether oxygens (including phenoxy) is 2. The molecule has 27 heavy (non-hydrogen) atoms. The molecule has 2 aromatic carbocycles. The standard InChI is InChI=1S/C20H21FN2O4/c1-26-18-10-14(4-9-17(18)27-12-19(22)24)20(25)23(16-7-8-16)11-13-2-5-15(21)6-3-13/h2-6,9-10,16H,7-8,11-12H2,1H3,(H2,22,24). The minimum Gasteiger partial charge on any atom is -0.493 e. The van der Waals surface area contributed by atoms with Gasteiger partial charge in [-0.25, -0.2) is 4.39 Å². The lowest BCUT2D eigenvalue weighted by Gasteiger charge is -2.23. The monoisotopic (exact) mass is 372 g/mol. The first-order valence-electron chi connectivity index (χ1n) is 8.62. The Morgan fingerprint density at radius 2 is 1.85 bits per heavy atom. The van der Waals surface area contributed by atoms with Crippen molar-refractivity contribution in [3.05, 3.63) is 59.4 Å². The summed E-state index contributed by atoms with van der Waals surface area (Å²) in [5.41, 5.74) is 6.40. The van der Waals surface area contributed by atoms with Crippen molar-refractivity contribution < 1.29 is 23.5 Å². The summed E-state index contributed by atoms with van der Waals surface area (Å²) in [4.78, 5) is 25.7. The van der Waals surface area contributed by atoms with Crippen LogP contribution in [0.1, 0.15) is 28.8 Å². The first-order chi connectivity index (χ1) is 13.0. The number of nitrogens with zero attached hydrogens (tertiary/aromatic N) is 1. The van der Waals surface area contributed by atoms with Crippen molar-refractivity contribution in [2.45, 2.75) is 25.4 Å². The van der Waals surface area contributed by atoms with Crippen LogP contribution in [0.15, 0.2) is 42.5 Å². The summed E-state index contributed by atoms with van der Waals surface area (Å²) >= 11 is 0. The molecule has 0 atom stereocenters. The highest BCUT2D eigenvalue weighted by Crippen LogP contribution is 2.32. The number of amides is 2. The average Bonchev–Trinajstić information content (AvgIpc) is 3.50. The van der Waals surface area contributed by atoms with E-state index in [1.54, 1.807) is 35.2 Å². The molecular formula is C20H21FN2O4. The van der Waals surface area contributed by atoms with Crippen LogP contribution in [0.5, 0.6) is 11.5 Å². The van der Waals surface area contributed by atoms with Gasteiger partial charge in [-0.05, 0) is 48.7 Å². The van der Waals surface area contributed by atoms with Crippen molar-refractivity contribution in [2.24, 2.45) is 5.73 Å². The Morgan fingerprint density at radius 1 is 1.15 bits per heavy atom. The van der Waals surface area contributed by atoms with Gasteiger partial charge in [0.2, 0.25) is 0 Å². The highest BCUT2D eigenvalue weighted by molar-refractivity contribution is 5.95. The zero-order valence-electron chi connectivity index (χ0n) is 15.0. The smallest absolute Gasteiger partial charge is 0.255 e. The third kappa shape index (κ3) is 4.75. The first kappa shape index (κ1) is 18.7. The van der Waals surface area contributed by atoms with Gasteiger partial charge in [0.05, 0.1) is 7.11 Å². The number of carbonyl (C=O) groups excluding carboxylic acids is 2. The molecule has 1 saturated carbocycles. The van der Waals surface area contributed by atoms with Gasteiger partial charge in [0, 0.05) is 18.2 Å². The second-order valence-electron chi connectivity index (χ2n) is 6.41. The summed E-state index contributed by atoms with van der Waals surface area (Å²) < 4.78 is 23.7. The third-order valence-electron chi connectivity index (χ3n) is 4.30. The Balaban J connectivity index is 1.79. The molecule has 0 bridgehead atoms. The number of nitrogens with two attached hydrogens (primary N) is 1. The summed E-state index contributed by atoms with van der Waals surface area (Å²) in [5.74, 6) is -0.360. The zero-order valence-corrected chi connectivity index (χ0v) is 15.0. The number of carbonyl (C=O) groups is 2. The Hall–Kier alpha value is -3.09. The van der Waals surface area contributed by atoms with Gasteiger partial charge in [-0.2, -0.15) is 0 Å². The second-order valence-corrected chi connectivity index (χ2v) is 6.41.